The molecule has 0 bridgehead atoms. The minimum Gasteiger partial charge on any atom is -0.465 e. The van der Waals surface area contributed by atoms with Gasteiger partial charge >= 0.3 is 0 Å². The molecular weight excluding hydrogens is 372 g/mol. The summed E-state index contributed by atoms with van der Waals surface area (Å²) in [5.41, 5.74) is 4.56. The molecule has 0 radical (unpaired) electrons. The summed E-state index contributed by atoms with van der Waals surface area (Å²) in [6, 6.07) is 3.77. The molecule has 2 aromatic rings. The zero-order valence-corrected chi connectivity index (χ0v) is 14.5. The molecule has 10 heteroatoms. The number of nitrogens with zero attached hydrogens (tertiary/aromatic N) is 3. The number of benzene rings is 1. The highest BCUT2D eigenvalue weighted by atomic mass is 19.1. The Kier molecular flexibility index (Phi) is 5.35. The molecule has 144 valence electrons. The average Bonchev–Trinajstić information content (AvgIpc) is 2.70. The number of ether oxygens (including phenoxy) is 2. The minimum absolute atomic E-state index is 0.0444. The summed E-state index contributed by atoms with van der Waals surface area (Å²) in [6.07, 6.45) is 8.06. The first-order valence-electron chi connectivity index (χ1n) is 8.05. The van der Waals surface area contributed by atoms with Gasteiger partial charge in [-0.15, -0.1) is 6.42 Å². The molecular formula is C18H15F2N5O3. The van der Waals surface area contributed by atoms with Crippen molar-refractivity contribution in [2.24, 2.45) is 10.7 Å². The number of nitrogens with two attached hydrogens (primary N) is 1. The Bertz CT molecular complexity index is 959. The molecule has 0 aliphatic carbocycles. The number of hydrogen-bond acceptors (Lipinski definition) is 7. The van der Waals surface area contributed by atoms with E-state index in [0.717, 1.165) is 18.5 Å². The third-order valence-electron chi connectivity index (χ3n) is 3.99. The van der Waals surface area contributed by atoms with Gasteiger partial charge in [-0.1, -0.05) is 5.92 Å². The van der Waals surface area contributed by atoms with Crippen LogP contribution in [0, 0.1) is 18.2 Å². The van der Waals surface area contributed by atoms with E-state index in [2.05, 4.69) is 30.9 Å². The Morgan fingerprint density at radius 1 is 1.43 bits per heavy atom. The van der Waals surface area contributed by atoms with E-state index in [0.29, 0.717) is 0 Å². The summed E-state index contributed by atoms with van der Waals surface area (Å²) in [5.74, 6) is 1.20. The van der Waals surface area contributed by atoms with Crippen molar-refractivity contribution in [2.45, 2.75) is 12.0 Å². The van der Waals surface area contributed by atoms with Crippen molar-refractivity contribution in [2.75, 3.05) is 18.8 Å². The van der Waals surface area contributed by atoms with E-state index in [1.54, 1.807) is 0 Å². The van der Waals surface area contributed by atoms with E-state index in [1.807, 2.05) is 0 Å². The zero-order valence-electron chi connectivity index (χ0n) is 14.5. The summed E-state index contributed by atoms with van der Waals surface area (Å²) < 4.78 is 36.1. The van der Waals surface area contributed by atoms with E-state index < -0.39 is 24.1 Å². The van der Waals surface area contributed by atoms with Gasteiger partial charge in [0.1, 0.15) is 11.5 Å². The minimum atomic E-state index is -1.34. The van der Waals surface area contributed by atoms with Crippen LogP contribution in [-0.2, 0) is 10.3 Å². The molecule has 1 aliphatic heterocycles. The smallest absolute Gasteiger partial charge is 0.283 e. The Labute approximate surface area is 158 Å². The molecule has 0 saturated heterocycles. The quantitative estimate of drug-likeness (QED) is 0.756. The molecule has 1 aromatic heterocycles. The van der Waals surface area contributed by atoms with Crippen molar-refractivity contribution in [1.29, 1.82) is 0 Å². The Hall–Kier alpha value is -3.74. The van der Waals surface area contributed by atoms with Gasteiger partial charge in [-0.25, -0.2) is 23.7 Å². The first-order chi connectivity index (χ1) is 13.5. The lowest BCUT2D eigenvalue weighted by Gasteiger charge is -2.29. The predicted octanol–water partition coefficient (Wildman–Crippen LogP) is 1.74. The first kappa shape index (κ1) is 19.0. The number of carbonyl (C=O) groups is 1. The lowest BCUT2D eigenvalue weighted by Crippen LogP contribution is -2.35. The van der Waals surface area contributed by atoms with Crippen molar-refractivity contribution in [1.82, 2.24) is 9.97 Å². The van der Waals surface area contributed by atoms with E-state index in [-0.39, 0.29) is 41.9 Å². The van der Waals surface area contributed by atoms with E-state index in [1.165, 1.54) is 12.1 Å². The summed E-state index contributed by atoms with van der Waals surface area (Å²) in [6.45, 7) is -0.883. The van der Waals surface area contributed by atoms with E-state index in [4.69, 9.17) is 16.9 Å². The number of terminal acetylenes is 1. The molecule has 3 N–H and O–H groups in total. The molecule has 1 aromatic carbocycles. The molecule has 2 heterocycles. The topological polar surface area (TPSA) is 112 Å². The maximum atomic E-state index is 14.5. The largest absolute Gasteiger partial charge is 0.465 e. The van der Waals surface area contributed by atoms with Gasteiger partial charge in [0.2, 0.25) is 12.7 Å². The number of nitrogens with one attached hydrogen (secondary N) is 1. The van der Waals surface area contributed by atoms with Crippen LogP contribution in [0.25, 0.3) is 0 Å². The fourth-order valence-corrected chi connectivity index (χ4v) is 2.64. The molecule has 3 rings (SSSR count). The zero-order chi connectivity index (χ0) is 20.1. The second-order valence-corrected chi connectivity index (χ2v) is 5.70. The van der Waals surface area contributed by atoms with Gasteiger partial charge in [0, 0.05) is 17.7 Å². The standard InChI is InChI=1S/C18H15F2N5O3/c1-2-18(5-6-27-17(21)25-18)12-7-11(3-4-13(12)20)24-16(26)14-8-23-15(9-22-14)28-10-19/h1,3-4,7-9H,5-6,10H2,(H2,21,25)(H,24,26)/t18-/m0/s1. The fraction of sp³-hybridized carbons (Fsp3) is 0.222. The molecule has 0 unspecified atom stereocenters. The normalized spacial score (nSPS) is 18.4. The van der Waals surface area contributed by atoms with Crippen molar-refractivity contribution < 1.29 is 23.0 Å². The highest BCUT2D eigenvalue weighted by Gasteiger charge is 2.36. The summed E-state index contributed by atoms with van der Waals surface area (Å²) in [5, 5.41) is 2.57. The number of rotatable bonds is 5. The fourth-order valence-electron chi connectivity index (χ4n) is 2.64. The second kappa shape index (κ2) is 7.87. The maximum Gasteiger partial charge on any atom is 0.283 e. The van der Waals surface area contributed by atoms with Crippen molar-refractivity contribution in [3.8, 4) is 18.2 Å². The number of aromatic nitrogens is 2. The van der Waals surface area contributed by atoms with Crippen LogP contribution in [0.15, 0.2) is 35.6 Å². The number of amidine groups is 1. The van der Waals surface area contributed by atoms with Gasteiger partial charge in [-0.05, 0) is 18.2 Å². The van der Waals surface area contributed by atoms with E-state index >= 15 is 0 Å². The highest BCUT2D eigenvalue weighted by Crippen LogP contribution is 2.35. The van der Waals surface area contributed by atoms with Crippen LogP contribution < -0.4 is 15.8 Å². The van der Waals surface area contributed by atoms with E-state index in [9.17, 15) is 13.6 Å². The monoisotopic (exact) mass is 387 g/mol. The van der Waals surface area contributed by atoms with Gasteiger partial charge in [-0.3, -0.25) is 4.79 Å². The van der Waals surface area contributed by atoms with Crippen molar-refractivity contribution in [3.63, 3.8) is 0 Å². The number of amides is 1. The van der Waals surface area contributed by atoms with Crippen molar-refractivity contribution >= 4 is 17.6 Å². The van der Waals surface area contributed by atoms with Crippen LogP contribution in [0.1, 0.15) is 22.5 Å². The van der Waals surface area contributed by atoms with Crippen LogP contribution in [-0.4, -0.2) is 35.4 Å². The first-order valence-corrected chi connectivity index (χ1v) is 8.05. The number of halogens is 2. The molecule has 0 spiro atoms. The van der Waals surface area contributed by atoms with Gasteiger partial charge in [0.25, 0.3) is 11.9 Å². The average molecular weight is 387 g/mol. The van der Waals surface area contributed by atoms with Crippen LogP contribution >= 0.6 is 0 Å². The Balaban J connectivity index is 1.86. The lowest BCUT2D eigenvalue weighted by atomic mass is 9.87. The SMILES string of the molecule is C#C[C@@]1(c2cc(NC(=O)c3cnc(OCF)cn3)ccc2F)CCOC(N)=N1. The summed E-state index contributed by atoms with van der Waals surface area (Å²) in [4.78, 5) is 24.0. The number of carbonyl (C=O) groups excluding carboxylic acids is 1. The highest BCUT2D eigenvalue weighted by molar-refractivity contribution is 6.02. The molecule has 0 saturated carbocycles. The van der Waals surface area contributed by atoms with Gasteiger partial charge in [0.05, 0.1) is 19.0 Å². The number of hydrogen-bond donors (Lipinski definition) is 2. The molecule has 8 nitrogen and oxygen atoms in total. The van der Waals surface area contributed by atoms with Crippen LogP contribution in [0.5, 0.6) is 5.88 Å². The number of anilines is 1. The summed E-state index contributed by atoms with van der Waals surface area (Å²) in [7, 11) is 0. The summed E-state index contributed by atoms with van der Waals surface area (Å²) >= 11 is 0. The van der Waals surface area contributed by atoms with Gasteiger partial charge < -0.3 is 20.5 Å². The lowest BCUT2D eigenvalue weighted by molar-refractivity contribution is 0.102. The molecule has 28 heavy (non-hydrogen) atoms. The molecule has 1 amide bonds. The number of aliphatic imine (C=N–C) groups is 1. The van der Waals surface area contributed by atoms with Gasteiger partial charge in [0.15, 0.2) is 5.54 Å². The Morgan fingerprint density at radius 3 is 2.89 bits per heavy atom. The third-order valence-corrected chi connectivity index (χ3v) is 3.99. The Morgan fingerprint density at radius 2 is 2.25 bits per heavy atom. The van der Waals surface area contributed by atoms with Crippen molar-refractivity contribution in [3.05, 3.63) is 47.7 Å². The van der Waals surface area contributed by atoms with Crippen LogP contribution in [0.2, 0.25) is 0 Å². The molecule has 1 atom stereocenters. The van der Waals surface area contributed by atoms with Crippen LogP contribution in [0.4, 0.5) is 14.5 Å². The number of alkyl halides is 1. The van der Waals surface area contributed by atoms with Gasteiger partial charge in [-0.2, -0.15) is 0 Å². The maximum absolute atomic E-state index is 14.5. The molecule has 0 fully saturated rings. The third kappa shape index (κ3) is 3.83. The predicted molar refractivity (Wildman–Crippen MR) is 95.7 cm³/mol. The molecule has 1 aliphatic rings. The van der Waals surface area contributed by atoms with Crippen LogP contribution in [0.3, 0.4) is 0 Å². The second-order valence-electron chi connectivity index (χ2n) is 5.70.